The lowest BCUT2D eigenvalue weighted by Crippen LogP contribution is -2.48. The topological polar surface area (TPSA) is 63.7 Å². The second-order valence-electron chi connectivity index (χ2n) is 10.4. The summed E-state index contributed by atoms with van der Waals surface area (Å²) < 4.78 is 6.31. The predicted octanol–water partition coefficient (Wildman–Crippen LogP) is 6.77. The average molecular weight is 590 g/mol. The van der Waals surface area contributed by atoms with Gasteiger partial charge in [-0.15, -0.1) is 0 Å². The number of carbonyl (C=O) groups excluding carboxylic acids is 3. The van der Waals surface area contributed by atoms with Crippen LogP contribution in [0.5, 0.6) is 5.75 Å². The van der Waals surface area contributed by atoms with Crippen molar-refractivity contribution in [3.8, 4) is 5.75 Å². The third-order valence-electron chi connectivity index (χ3n) is 8.57. The van der Waals surface area contributed by atoms with Crippen LogP contribution in [-0.4, -0.2) is 36.5 Å². The van der Waals surface area contributed by atoms with Crippen LogP contribution in [0.3, 0.4) is 0 Å². The van der Waals surface area contributed by atoms with Crippen molar-refractivity contribution in [1.82, 2.24) is 0 Å². The van der Waals surface area contributed by atoms with Crippen LogP contribution in [0.4, 0.5) is 5.69 Å². The molecule has 0 N–H and O–H groups in total. The summed E-state index contributed by atoms with van der Waals surface area (Å²) >= 11 is 3.56. The molecule has 2 aliphatic heterocycles. The normalized spacial score (nSPS) is 21.8. The van der Waals surface area contributed by atoms with Gasteiger partial charge in [0.25, 0.3) is 0 Å². The Kier molecular flexibility index (Phi) is 5.65. The number of methoxy groups -OCH3 is 1. The number of ether oxygens (including phenoxy) is 1. The fourth-order valence-electron chi connectivity index (χ4n) is 6.91. The maximum absolute atomic E-state index is 14.6. The summed E-state index contributed by atoms with van der Waals surface area (Å²) in [6, 6.07) is 28.0. The lowest BCUT2D eigenvalue weighted by molar-refractivity contribution is 0.0666. The van der Waals surface area contributed by atoms with Gasteiger partial charge in [0.1, 0.15) is 17.2 Å². The molecular weight excluding hydrogens is 566 g/mol. The van der Waals surface area contributed by atoms with Gasteiger partial charge in [-0.05, 0) is 41.5 Å². The minimum Gasteiger partial charge on any atom is -0.497 e. The summed E-state index contributed by atoms with van der Waals surface area (Å²) in [5.74, 6) is -0.705. The van der Waals surface area contributed by atoms with E-state index in [-0.39, 0.29) is 17.3 Å². The molecule has 4 aromatic carbocycles. The van der Waals surface area contributed by atoms with Gasteiger partial charge in [-0.1, -0.05) is 94.8 Å². The Bertz CT molecular complexity index is 1690. The molecule has 1 aliphatic carbocycles. The molecule has 3 atom stereocenters. The zero-order valence-corrected chi connectivity index (χ0v) is 23.2. The van der Waals surface area contributed by atoms with Crippen LogP contribution in [0.2, 0.25) is 0 Å². The van der Waals surface area contributed by atoms with E-state index in [9.17, 15) is 14.4 Å². The number of nitrogens with zero attached hydrogens (tertiary/aromatic N) is 1. The van der Waals surface area contributed by atoms with Gasteiger partial charge in [0.05, 0.1) is 13.2 Å². The molecule has 6 heteroatoms. The molecular formula is C34H24BrNO4. The van der Waals surface area contributed by atoms with Crippen LogP contribution in [-0.2, 0) is 0 Å². The number of carbonyl (C=O) groups is 3. The van der Waals surface area contributed by atoms with Gasteiger partial charge in [0, 0.05) is 32.8 Å². The maximum atomic E-state index is 14.6. The first kappa shape index (κ1) is 24.7. The summed E-state index contributed by atoms with van der Waals surface area (Å²) in [5.41, 5.74) is 2.31. The monoisotopic (exact) mass is 589 g/mol. The Morgan fingerprint density at radius 1 is 0.850 bits per heavy atom. The lowest BCUT2D eigenvalue weighted by Gasteiger charge is -2.37. The van der Waals surface area contributed by atoms with Crippen molar-refractivity contribution in [1.29, 1.82) is 0 Å². The molecule has 0 aromatic heterocycles. The summed E-state index contributed by atoms with van der Waals surface area (Å²) in [6.45, 7) is 0. The van der Waals surface area contributed by atoms with E-state index < -0.39 is 23.4 Å². The molecule has 40 heavy (non-hydrogen) atoms. The second kappa shape index (κ2) is 9.14. The molecule has 3 aliphatic rings. The second-order valence-corrected chi connectivity index (χ2v) is 11.3. The van der Waals surface area contributed by atoms with Crippen LogP contribution >= 0.6 is 15.9 Å². The highest BCUT2D eigenvalue weighted by molar-refractivity contribution is 9.10. The van der Waals surface area contributed by atoms with E-state index in [1.807, 2.05) is 77.7 Å². The number of ketones is 3. The van der Waals surface area contributed by atoms with Crippen LogP contribution in [0.25, 0.3) is 6.08 Å². The van der Waals surface area contributed by atoms with E-state index >= 15 is 0 Å². The summed E-state index contributed by atoms with van der Waals surface area (Å²) in [5, 5.41) is 0. The number of rotatable bonds is 4. The first-order chi connectivity index (χ1) is 19.5. The van der Waals surface area contributed by atoms with Gasteiger partial charge < -0.3 is 9.64 Å². The van der Waals surface area contributed by atoms with Crippen LogP contribution in [0.15, 0.2) is 108 Å². The summed E-state index contributed by atoms with van der Waals surface area (Å²) in [4.78, 5) is 45.9. The van der Waals surface area contributed by atoms with Crippen molar-refractivity contribution in [2.24, 2.45) is 5.41 Å². The third kappa shape index (κ3) is 3.29. The van der Waals surface area contributed by atoms with Crippen molar-refractivity contribution in [2.45, 2.75) is 18.0 Å². The number of fused-ring (bicyclic) bond motifs is 5. The van der Waals surface area contributed by atoms with Gasteiger partial charge in [-0.25, -0.2) is 0 Å². The average Bonchev–Trinajstić information content (AvgIpc) is 3.43. The van der Waals surface area contributed by atoms with Crippen LogP contribution in [0.1, 0.15) is 48.1 Å². The molecule has 0 saturated carbocycles. The van der Waals surface area contributed by atoms with Crippen molar-refractivity contribution < 1.29 is 19.1 Å². The highest BCUT2D eigenvalue weighted by atomic mass is 79.9. The summed E-state index contributed by atoms with van der Waals surface area (Å²) in [7, 11) is 1.59. The SMILES string of the molecule is COc1ccc([C@@H]2[C@@H](C(=O)c3ccccc3)N3c4ccc(Br)cc4C=C[C@@H]3C23C(=O)c2ccccc2C3=O)cc1. The van der Waals surface area contributed by atoms with Crippen molar-refractivity contribution in [2.75, 3.05) is 12.0 Å². The standard InChI is InChI=1S/C34H24BrNO4/c1-40-24-15-11-20(12-16-24)29-30(31(37)21-7-3-2-4-8-21)36-27-17-14-23(35)19-22(27)13-18-28(36)34(29)32(38)25-9-5-6-10-26(25)33(34)39/h2-19,28-30H,1H3/t28-,29-,30+/m1/s1. The number of hydrogen-bond donors (Lipinski definition) is 0. The maximum Gasteiger partial charge on any atom is 0.185 e. The number of halogens is 1. The van der Waals surface area contributed by atoms with Crippen LogP contribution in [0, 0.1) is 5.41 Å². The van der Waals surface area contributed by atoms with E-state index in [0.29, 0.717) is 22.4 Å². The molecule has 1 spiro atoms. The molecule has 2 heterocycles. The fourth-order valence-corrected chi connectivity index (χ4v) is 7.28. The third-order valence-corrected chi connectivity index (χ3v) is 9.06. The predicted molar refractivity (Wildman–Crippen MR) is 157 cm³/mol. The fraction of sp³-hybridized carbons (Fsp3) is 0.147. The Morgan fingerprint density at radius 2 is 1.50 bits per heavy atom. The Hall–Kier alpha value is -4.29. The molecule has 5 nitrogen and oxygen atoms in total. The van der Waals surface area contributed by atoms with E-state index in [1.54, 1.807) is 43.5 Å². The highest BCUT2D eigenvalue weighted by Crippen LogP contribution is 2.61. The highest BCUT2D eigenvalue weighted by Gasteiger charge is 2.71. The van der Waals surface area contributed by atoms with Gasteiger partial charge in [0.2, 0.25) is 0 Å². The molecule has 0 radical (unpaired) electrons. The Balaban J connectivity index is 1.54. The zero-order chi connectivity index (χ0) is 27.6. The number of Topliss-reactive ketones (excluding diaryl/α,β-unsaturated/α-hetero) is 3. The van der Waals surface area contributed by atoms with E-state index in [4.69, 9.17) is 4.74 Å². The summed E-state index contributed by atoms with van der Waals surface area (Å²) in [6.07, 6.45) is 3.90. The first-order valence-electron chi connectivity index (χ1n) is 13.1. The first-order valence-corrected chi connectivity index (χ1v) is 13.9. The lowest BCUT2D eigenvalue weighted by atomic mass is 9.64. The van der Waals surface area contributed by atoms with Gasteiger partial charge >= 0.3 is 0 Å². The van der Waals surface area contributed by atoms with Crippen LogP contribution < -0.4 is 9.64 Å². The molecule has 0 amide bonds. The molecule has 0 unspecified atom stereocenters. The van der Waals surface area contributed by atoms with Gasteiger partial charge in [0.15, 0.2) is 17.3 Å². The Morgan fingerprint density at radius 3 is 2.15 bits per heavy atom. The van der Waals surface area contributed by atoms with Gasteiger partial charge in [-0.2, -0.15) is 0 Å². The minimum atomic E-state index is -1.52. The van der Waals surface area contributed by atoms with Crippen molar-refractivity contribution in [3.05, 3.63) is 135 Å². The molecule has 1 saturated heterocycles. The largest absolute Gasteiger partial charge is 0.497 e. The van der Waals surface area contributed by atoms with Crippen molar-refractivity contribution in [3.63, 3.8) is 0 Å². The molecule has 1 fully saturated rings. The molecule has 7 rings (SSSR count). The zero-order valence-electron chi connectivity index (χ0n) is 21.6. The van der Waals surface area contributed by atoms with E-state index in [0.717, 1.165) is 21.3 Å². The quantitative estimate of drug-likeness (QED) is 0.194. The number of anilines is 1. The molecule has 196 valence electrons. The number of hydrogen-bond acceptors (Lipinski definition) is 5. The molecule has 0 bridgehead atoms. The Labute approximate surface area is 240 Å². The van der Waals surface area contributed by atoms with E-state index in [1.165, 1.54) is 0 Å². The van der Waals surface area contributed by atoms with Crippen molar-refractivity contribution >= 4 is 45.0 Å². The minimum absolute atomic E-state index is 0.135. The number of benzene rings is 4. The molecule has 4 aromatic rings. The van der Waals surface area contributed by atoms with Gasteiger partial charge in [-0.3, -0.25) is 14.4 Å². The van der Waals surface area contributed by atoms with E-state index in [2.05, 4.69) is 15.9 Å². The smallest absolute Gasteiger partial charge is 0.185 e.